The van der Waals surface area contributed by atoms with Gasteiger partial charge >= 0.3 is 12.1 Å². The second-order valence-electron chi connectivity index (χ2n) is 5.92. The topological polar surface area (TPSA) is 59.3 Å². The Morgan fingerprint density at radius 2 is 1.63 bits per heavy atom. The van der Waals surface area contributed by atoms with Gasteiger partial charge in [-0.05, 0) is 41.5 Å². The molecule has 0 unspecified atom stereocenters. The minimum atomic E-state index is -4.47. The van der Waals surface area contributed by atoms with Crippen LogP contribution < -0.4 is 5.56 Å². The van der Waals surface area contributed by atoms with Gasteiger partial charge in [0.2, 0.25) is 0 Å². The van der Waals surface area contributed by atoms with E-state index in [1.54, 1.807) is 24.3 Å². The second kappa shape index (κ2) is 7.11. The fraction of sp³-hybridized carbons (Fsp3) is 0.100. The summed E-state index contributed by atoms with van der Waals surface area (Å²) >= 11 is 0. The van der Waals surface area contributed by atoms with Crippen molar-refractivity contribution in [2.75, 3.05) is 0 Å². The summed E-state index contributed by atoms with van der Waals surface area (Å²) in [5.41, 5.74) is 0.355. The SMILES string of the molecule is O=C(O)c1ccc(-c2cccc(=O)n2Cc2cccc(C(F)(F)F)c2)cc1. The highest BCUT2D eigenvalue weighted by Crippen LogP contribution is 2.30. The number of carbonyl (C=O) groups is 1. The van der Waals surface area contributed by atoms with Crippen LogP contribution in [0.4, 0.5) is 13.2 Å². The summed E-state index contributed by atoms with van der Waals surface area (Å²) < 4.78 is 40.1. The minimum Gasteiger partial charge on any atom is -0.478 e. The number of alkyl halides is 3. The smallest absolute Gasteiger partial charge is 0.416 e. The summed E-state index contributed by atoms with van der Waals surface area (Å²) in [6.07, 6.45) is -4.47. The summed E-state index contributed by atoms with van der Waals surface area (Å²) in [6, 6.07) is 15.3. The highest BCUT2D eigenvalue weighted by Gasteiger charge is 2.30. The molecule has 0 radical (unpaired) electrons. The fourth-order valence-electron chi connectivity index (χ4n) is 2.75. The van der Waals surface area contributed by atoms with Crippen LogP contribution >= 0.6 is 0 Å². The fourth-order valence-corrected chi connectivity index (χ4v) is 2.75. The Hall–Kier alpha value is -3.35. The molecule has 1 heterocycles. The van der Waals surface area contributed by atoms with E-state index in [-0.39, 0.29) is 17.7 Å². The van der Waals surface area contributed by atoms with E-state index in [4.69, 9.17) is 5.11 Å². The predicted octanol–water partition coefficient (Wildman–Crippen LogP) is 4.28. The van der Waals surface area contributed by atoms with E-state index in [9.17, 15) is 22.8 Å². The van der Waals surface area contributed by atoms with Crippen molar-refractivity contribution in [3.05, 3.63) is 93.8 Å². The third-order valence-electron chi connectivity index (χ3n) is 4.07. The molecule has 0 fully saturated rings. The molecule has 0 amide bonds. The van der Waals surface area contributed by atoms with E-state index in [0.717, 1.165) is 12.1 Å². The molecule has 4 nitrogen and oxygen atoms in total. The Bertz CT molecular complexity index is 1040. The Balaban J connectivity index is 2.02. The van der Waals surface area contributed by atoms with Gasteiger partial charge in [0.05, 0.1) is 23.4 Å². The van der Waals surface area contributed by atoms with E-state index in [1.165, 1.54) is 34.9 Å². The van der Waals surface area contributed by atoms with Crippen molar-refractivity contribution in [2.24, 2.45) is 0 Å². The van der Waals surface area contributed by atoms with Crippen molar-refractivity contribution in [2.45, 2.75) is 12.7 Å². The number of hydrogen-bond acceptors (Lipinski definition) is 2. The summed E-state index contributed by atoms with van der Waals surface area (Å²) in [6.45, 7) is -0.0421. The van der Waals surface area contributed by atoms with Crippen LogP contribution in [0.1, 0.15) is 21.5 Å². The average molecular weight is 373 g/mol. The van der Waals surface area contributed by atoms with Crippen molar-refractivity contribution in [1.29, 1.82) is 0 Å². The maximum Gasteiger partial charge on any atom is 0.416 e. The van der Waals surface area contributed by atoms with E-state index in [2.05, 4.69) is 0 Å². The van der Waals surface area contributed by atoms with Gasteiger partial charge in [0, 0.05) is 6.07 Å². The molecule has 0 aliphatic heterocycles. The average Bonchev–Trinajstić information content (AvgIpc) is 2.63. The number of aromatic carboxylic acids is 1. The molecule has 0 saturated carbocycles. The zero-order chi connectivity index (χ0) is 19.6. The third kappa shape index (κ3) is 4.08. The van der Waals surface area contributed by atoms with E-state index in [0.29, 0.717) is 16.8 Å². The van der Waals surface area contributed by atoms with Crippen LogP contribution in [0.3, 0.4) is 0 Å². The largest absolute Gasteiger partial charge is 0.478 e. The van der Waals surface area contributed by atoms with Gasteiger partial charge in [0.25, 0.3) is 5.56 Å². The quantitative estimate of drug-likeness (QED) is 0.743. The first-order valence-corrected chi connectivity index (χ1v) is 7.95. The van der Waals surface area contributed by atoms with Crippen LogP contribution in [0.5, 0.6) is 0 Å². The number of halogens is 3. The van der Waals surface area contributed by atoms with Crippen molar-refractivity contribution in [1.82, 2.24) is 4.57 Å². The van der Waals surface area contributed by atoms with Gasteiger partial charge in [0.15, 0.2) is 0 Å². The number of aromatic nitrogens is 1. The van der Waals surface area contributed by atoms with Crippen molar-refractivity contribution in [3.8, 4) is 11.3 Å². The first kappa shape index (κ1) is 18.4. The van der Waals surface area contributed by atoms with Gasteiger partial charge in [-0.3, -0.25) is 4.79 Å². The van der Waals surface area contributed by atoms with Gasteiger partial charge < -0.3 is 9.67 Å². The molecule has 27 heavy (non-hydrogen) atoms. The first-order chi connectivity index (χ1) is 12.8. The molecular weight excluding hydrogens is 359 g/mol. The summed E-state index contributed by atoms with van der Waals surface area (Å²) in [5, 5.41) is 8.98. The standard InChI is InChI=1S/C20H14F3NO3/c21-20(22,23)16-4-1-3-13(11-16)12-24-17(5-2-6-18(24)25)14-7-9-15(10-8-14)19(26)27/h1-11H,12H2,(H,26,27). The van der Waals surface area contributed by atoms with Crippen molar-refractivity contribution >= 4 is 5.97 Å². The van der Waals surface area contributed by atoms with E-state index in [1.807, 2.05) is 0 Å². The summed E-state index contributed by atoms with van der Waals surface area (Å²) in [7, 11) is 0. The highest BCUT2D eigenvalue weighted by atomic mass is 19.4. The number of carboxylic acid groups (broad SMARTS) is 1. The molecule has 138 valence electrons. The second-order valence-corrected chi connectivity index (χ2v) is 5.92. The third-order valence-corrected chi connectivity index (χ3v) is 4.07. The lowest BCUT2D eigenvalue weighted by Crippen LogP contribution is -2.21. The van der Waals surface area contributed by atoms with Gasteiger partial charge in [-0.1, -0.05) is 30.3 Å². The number of benzene rings is 2. The maximum absolute atomic E-state index is 12.9. The molecule has 0 saturated heterocycles. The van der Waals surface area contributed by atoms with Crippen molar-refractivity contribution < 1.29 is 23.1 Å². The first-order valence-electron chi connectivity index (χ1n) is 7.95. The molecule has 0 aliphatic rings. The molecule has 1 N–H and O–H groups in total. The van der Waals surface area contributed by atoms with Crippen LogP contribution in [0.25, 0.3) is 11.3 Å². The molecule has 1 aromatic heterocycles. The van der Waals surface area contributed by atoms with Crippen LogP contribution in [-0.4, -0.2) is 15.6 Å². The predicted molar refractivity (Wildman–Crippen MR) is 93.6 cm³/mol. The zero-order valence-electron chi connectivity index (χ0n) is 13.9. The molecular formula is C20H14F3NO3. The molecule has 3 aromatic rings. The number of rotatable bonds is 4. The van der Waals surface area contributed by atoms with Crippen LogP contribution in [0, 0.1) is 0 Å². The Kier molecular flexibility index (Phi) is 4.85. The zero-order valence-corrected chi connectivity index (χ0v) is 13.9. The monoisotopic (exact) mass is 373 g/mol. The Labute approximate surface area is 152 Å². The molecule has 0 spiro atoms. The van der Waals surface area contributed by atoms with Crippen LogP contribution in [0.2, 0.25) is 0 Å². The van der Waals surface area contributed by atoms with Crippen LogP contribution in [0.15, 0.2) is 71.5 Å². The number of nitrogens with zero attached hydrogens (tertiary/aromatic N) is 1. The minimum absolute atomic E-state index is 0.0421. The summed E-state index contributed by atoms with van der Waals surface area (Å²) in [4.78, 5) is 23.3. The van der Waals surface area contributed by atoms with E-state index < -0.39 is 17.7 Å². The molecule has 0 bridgehead atoms. The van der Waals surface area contributed by atoms with Gasteiger partial charge in [-0.15, -0.1) is 0 Å². The molecule has 3 rings (SSSR count). The van der Waals surface area contributed by atoms with E-state index >= 15 is 0 Å². The molecule has 0 aliphatic carbocycles. The Morgan fingerprint density at radius 1 is 0.963 bits per heavy atom. The number of carboxylic acids is 1. The number of pyridine rings is 1. The summed E-state index contributed by atoms with van der Waals surface area (Å²) in [5.74, 6) is -1.07. The molecule has 2 aromatic carbocycles. The lowest BCUT2D eigenvalue weighted by atomic mass is 10.1. The maximum atomic E-state index is 12.9. The van der Waals surface area contributed by atoms with Gasteiger partial charge in [-0.25, -0.2) is 4.79 Å². The van der Waals surface area contributed by atoms with Crippen molar-refractivity contribution in [3.63, 3.8) is 0 Å². The number of hydrogen-bond donors (Lipinski definition) is 1. The highest BCUT2D eigenvalue weighted by molar-refractivity contribution is 5.88. The lowest BCUT2D eigenvalue weighted by molar-refractivity contribution is -0.137. The van der Waals surface area contributed by atoms with Gasteiger partial charge in [0.1, 0.15) is 0 Å². The van der Waals surface area contributed by atoms with Gasteiger partial charge in [-0.2, -0.15) is 13.2 Å². The molecule has 0 atom stereocenters. The lowest BCUT2D eigenvalue weighted by Gasteiger charge is -2.14. The van der Waals surface area contributed by atoms with Crippen LogP contribution in [-0.2, 0) is 12.7 Å². The Morgan fingerprint density at radius 3 is 2.26 bits per heavy atom. The normalized spacial score (nSPS) is 11.4. The molecule has 7 heteroatoms.